The number of carbonyl (C=O) groups excluding carboxylic acids is 1. The summed E-state index contributed by atoms with van der Waals surface area (Å²) in [4.78, 5) is 15.4. The first-order valence-electron chi connectivity index (χ1n) is 5.05. The Morgan fingerprint density at radius 3 is 3.00 bits per heavy atom. The van der Waals surface area contributed by atoms with E-state index in [0.717, 1.165) is 5.56 Å². The number of nitrogens with one attached hydrogen (secondary N) is 1. The lowest BCUT2D eigenvalue weighted by Gasteiger charge is -1.96. The van der Waals surface area contributed by atoms with Crippen molar-refractivity contribution in [2.24, 2.45) is 0 Å². The zero-order valence-electron chi connectivity index (χ0n) is 9.11. The molecule has 1 N–H and O–H groups in total. The maximum atomic E-state index is 11.4. The van der Waals surface area contributed by atoms with Crippen molar-refractivity contribution >= 4 is 17.6 Å². The number of nitrogens with zero attached hydrogens (tertiary/aromatic N) is 2. The highest BCUT2D eigenvalue weighted by Crippen LogP contribution is 2.18. The predicted octanol–water partition coefficient (Wildman–Crippen LogP) is 2.30. The molecule has 0 aliphatic rings. The lowest BCUT2D eigenvalue weighted by atomic mass is 10.2. The summed E-state index contributed by atoms with van der Waals surface area (Å²) >= 11 is 5.68. The van der Waals surface area contributed by atoms with Crippen LogP contribution in [0.3, 0.4) is 0 Å². The second kappa shape index (κ2) is 4.97. The van der Waals surface area contributed by atoms with Crippen molar-refractivity contribution in [2.75, 3.05) is 6.61 Å². The van der Waals surface area contributed by atoms with E-state index in [2.05, 4.69) is 15.2 Å². The fourth-order valence-corrected chi connectivity index (χ4v) is 1.42. The molecule has 5 nitrogen and oxygen atoms in total. The molecule has 0 atom stereocenters. The molecule has 0 fully saturated rings. The standard InChI is InChI=1S/C11H10ClN3O2/c1-2-17-11(16)9-5-8(14-15-9)7-3-4-10(12)13-6-7/h3-6H,2H2,1H3,(H,14,15). The van der Waals surface area contributed by atoms with Gasteiger partial charge < -0.3 is 4.74 Å². The highest BCUT2D eigenvalue weighted by atomic mass is 35.5. The van der Waals surface area contributed by atoms with Crippen molar-refractivity contribution in [3.05, 3.63) is 35.2 Å². The molecule has 0 spiro atoms. The summed E-state index contributed by atoms with van der Waals surface area (Å²) in [6.07, 6.45) is 1.59. The minimum Gasteiger partial charge on any atom is -0.461 e. The van der Waals surface area contributed by atoms with E-state index >= 15 is 0 Å². The van der Waals surface area contributed by atoms with E-state index in [0.29, 0.717) is 23.1 Å². The summed E-state index contributed by atoms with van der Waals surface area (Å²) in [5, 5.41) is 7.04. The fourth-order valence-electron chi connectivity index (χ4n) is 1.31. The molecule has 0 saturated carbocycles. The summed E-state index contributed by atoms with van der Waals surface area (Å²) in [5.41, 5.74) is 1.72. The second-order valence-corrected chi connectivity index (χ2v) is 3.64. The molecule has 2 rings (SSSR count). The molecule has 0 aromatic carbocycles. The summed E-state index contributed by atoms with van der Waals surface area (Å²) in [5.74, 6) is -0.423. The van der Waals surface area contributed by atoms with E-state index in [1.54, 1.807) is 31.3 Å². The molecule has 0 amide bonds. The first-order valence-corrected chi connectivity index (χ1v) is 5.43. The Morgan fingerprint density at radius 1 is 1.53 bits per heavy atom. The third-order valence-electron chi connectivity index (χ3n) is 2.10. The highest BCUT2D eigenvalue weighted by molar-refractivity contribution is 6.29. The van der Waals surface area contributed by atoms with Crippen LogP contribution in [0.2, 0.25) is 5.15 Å². The van der Waals surface area contributed by atoms with Gasteiger partial charge in [0, 0.05) is 11.8 Å². The number of aromatic nitrogens is 3. The topological polar surface area (TPSA) is 67.9 Å². The van der Waals surface area contributed by atoms with Gasteiger partial charge in [0.1, 0.15) is 10.8 Å². The molecule has 2 heterocycles. The average Bonchev–Trinajstić information content (AvgIpc) is 2.80. The van der Waals surface area contributed by atoms with Crippen molar-refractivity contribution in [3.63, 3.8) is 0 Å². The molecular weight excluding hydrogens is 242 g/mol. The normalized spacial score (nSPS) is 10.2. The molecule has 6 heteroatoms. The van der Waals surface area contributed by atoms with Crippen LogP contribution in [0, 0.1) is 0 Å². The predicted molar refractivity (Wildman–Crippen MR) is 62.8 cm³/mol. The summed E-state index contributed by atoms with van der Waals surface area (Å²) < 4.78 is 4.85. The van der Waals surface area contributed by atoms with Gasteiger partial charge in [-0.15, -0.1) is 0 Å². The third-order valence-corrected chi connectivity index (χ3v) is 2.32. The smallest absolute Gasteiger partial charge is 0.356 e. The quantitative estimate of drug-likeness (QED) is 0.671. The number of ether oxygens (including phenoxy) is 1. The van der Waals surface area contributed by atoms with Crippen LogP contribution in [-0.2, 0) is 4.74 Å². The Labute approximate surface area is 103 Å². The first-order chi connectivity index (χ1) is 8.20. The fraction of sp³-hybridized carbons (Fsp3) is 0.182. The van der Waals surface area contributed by atoms with Crippen LogP contribution in [0.25, 0.3) is 11.3 Å². The number of hydrogen-bond donors (Lipinski definition) is 1. The van der Waals surface area contributed by atoms with Crippen LogP contribution in [0.4, 0.5) is 0 Å². The Morgan fingerprint density at radius 2 is 2.35 bits per heavy atom. The average molecular weight is 252 g/mol. The number of pyridine rings is 1. The van der Waals surface area contributed by atoms with E-state index in [1.807, 2.05) is 0 Å². The van der Waals surface area contributed by atoms with Crippen LogP contribution in [0.15, 0.2) is 24.4 Å². The van der Waals surface area contributed by atoms with Gasteiger partial charge in [-0.1, -0.05) is 11.6 Å². The van der Waals surface area contributed by atoms with Crippen LogP contribution in [0.1, 0.15) is 17.4 Å². The van der Waals surface area contributed by atoms with Crippen molar-refractivity contribution < 1.29 is 9.53 Å². The zero-order chi connectivity index (χ0) is 12.3. The van der Waals surface area contributed by atoms with Crippen molar-refractivity contribution in [1.29, 1.82) is 0 Å². The van der Waals surface area contributed by atoms with Crippen LogP contribution >= 0.6 is 11.6 Å². The van der Waals surface area contributed by atoms with Crippen LogP contribution < -0.4 is 0 Å². The molecule has 88 valence electrons. The molecule has 2 aromatic rings. The molecule has 0 aliphatic carbocycles. The minimum atomic E-state index is -0.423. The third kappa shape index (κ3) is 2.62. The van der Waals surface area contributed by atoms with Gasteiger partial charge in [-0.25, -0.2) is 9.78 Å². The number of halogens is 1. The summed E-state index contributed by atoms with van der Waals surface area (Å²) in [6, 6.07) is 5.05. The Kier molecular flexibility index (Phi) is 3.39. The lowest BCUT2D eigenvalue weighted by Crippen LogP contribution is -2.04. The van der Waals surface area contributed by atoms with E-state index in [9.17, 15) is 4.79 Å². The Balaban J connectivity index is 2.23. The number of aromatic amines is 1. The van der Waals surface area contributed by atoms with Gasteiger partial charge in [0.15, 0.2) is 0 Å². The first kappa shape index (κ1) is 11.6. The van der Waals surface area contributed by atoms with Gasteiger partial charge in [0.2, 0.25) is 0 Å². The van der Waals surface area contributed by atoms with Gasteiger partial charge >= 0.3 is 5.97 Å². The molecule has 0 bridgehead atoms. The van der Waals surface area contributed by atoms with Gasteiger partial charge in [0.25, 0.3) is 0 Å². The number of carbonyl (C=O) groups is 1. The number of rotatable bonds is 3. The lowest BCUT2D eigenvalue weighted by molar-refractivity contribution is 0.0519. The van der Waals surface area contributed by atoms with Gasteiger partial charge in [-0.2, -0.15) is 5.10 Å². The maximum absolute atomic E-state index is 11.4. The second-order valence-electron chi connectivity index (χ2n) is 3.26. The summed E-state index contributed by atoms with van der Waals surface area (Å²) in [6.45, 7) is 2.08. The molecule has 0 unspecified atom stereocenters. The highest BCUT2D eigenvalue weighted by Gasteiger charge is 2.11. The summed E-state index contributed by atoms with van der Waals surface area (Å²) in [7, 11) is 0. The van der Waals surface area contributed by atoms with Gasteiger partial charge in [-0.3, -0.25) is 5.10 Å². The van der Waals surface area contributed by atoms with E-state index in [4.69, 9.17) is 16.3 Å². The van der Waals surface area contributed by atoms with E-state index < -0.39 is 5.97 Å². The van der Waals surface area contributed by atoms with Crippen LogP contribution in [-0.4, -0.2) is 27.8 Å². The number of hydrogen-bond acceptors (Lipinski definition) is 4. The van der Waals surface area contributed by atoms with Crippen molar-refractivity contribution in [1.82, 2.24) is 15.2 Å². The van der Waals surface area contributed by atoms with E-state index in [1.165, 1.54) is 0 Å². The van der Waals surface area contributed by atoms with Gasteiger partial charge in [0.05, 0.1) is 12.3 Å². The monoisotopic (exact) mass is 251 g/mol. The largest absolute Gasteiger partial charge is 0.461 e. The Bertz CT molecular complexity index is 522. The molecule has 2 aromatic heterocycles. The zero-order valence-corrected chi connectivity index (χ0v) is 9.86. The minimum absolute atomic E-state index is 0.316. The molecular formula is C11H10ClN3O2. The van der Waals surface area contributed by atoms with Crippen molar-refractivity contribution in [2.45, 2.75) is 6.92 Å². The molecule has 0 radical (unpaired) electrons. The molecule has 17 heavy (non-hydrogen) atoms. The number of esters is 1. The van der Waals surface area contributed by atoms with Crippen molar-refractivity contribution in [3.8, 4) is 11.3 Å². The van der Waals surface area contributed by atoms with Gasteiger partial charge in [-0.05, 0) is 25.1 Å². The molecule has 0 aliphatic heterocycles. The maximum Gasteiger partial charge on any atom is 0.356 e. The van der Waals surface area contributed by atoms with E-state index in [-0.39, 0.29) is 0 Å². The van der Waals surface area contributed by atoms with Crippen LogP contribution in [0.5, 0.6) is 0 Å². The molecule has 0 saturated heterocycles. The Hall–Kier alpha value is -1.88. The SMILES string of the molecule is CCOC(=O)c1cc(-c2ccc(Cl)nc2)n[nH]1. The number of H-pyrrole nitrogens is 1.